The van der Waals surface area contributed by atoms with Gasteiger partial charge >= 0.3 is 0 Å². The Morgan fingerprint density at radius 1 is 1.04 bits per heavy atom. The van der Waals surface area contributed by atoms with E-state index in [0.717, 1.165) is 17.1 Å². The number of hydrogen-bond donors (Lipinski definition) is 1. The smallest absolute Gasteiger partial charge is 0.197 e. The Morgan fingerprint density at radius 3 is 2.35 bits per heavy atom. The molecule has 1 unspecified atom stereocenters. The Bertz CT molecular complexity index is 771. The number of nitrogens with zero attached hydrogens (tertiary/aromatic N) is 3. The van der Waals surface area contributed by atoms with E-state index in [1.54, 1.807) is 12.4 Å². The largest absolute Gasteiger partial charge is 0.329 e. The lowest BCUT2D eigenvalue weighted by Gasteiger charge is -2.00. The lowest BCUT2D eigenvalue weighted by atomic mass is 10.2. The summed E-state index contributed by atoms with van der Waals surface area (Å²) in [5.41, 5.74) is 2.99. The fourth-order valence-corrected chi connectivity index (χ4v) is 3.75. The maximum atomic E-state index is 12.5. The molecule has 3 aromatic rings. The van der Waals surface area contributed by atoms with Crippen LogP contribution in [0.1, 0.15) is 12.8 Å². The van der Waals surface area contributed by atoms with E-state index < -0.39 is 10.8 Å². The predicted octanol–water partition coefficient (Wildman–Crippen LogP) is 3.05. The molecule has 3 aromatic heterocycles. The molecular formula is C17H16N4OS. The van der Waals surface area contributed by atoms with Gasteiger partial charge < -0.3 is 4.98 Å². The normalized spacial score (nSPS) is 15.5. The van der Waals surface area contributed by atoms with Gasteiger partial charge in [-0.15, -0.1) is 0 Å². The van der Waals surface area contributed by atoms with Gasteiger partial charge in [0.25, 0.3) is 0 Å². The highest BCUT2D eigenvalue weighted by Crippen LogP contribution is 2.32. The quantitative estimate of drug-likeness (QED) is 0.783. The number of hydrogen-bond acceptors (Lipinski definition) is 4. The molecule has 3 heterocycles. The van der Waals surface area contributed by atoms with E-state index in [0.29, 0.717) is 22.5 Å². The van der Waals surface area contributed by atoms with Crippen molar-refractivity contribution in [3.8, 4) is 22.8 Å². The summed E-state index contributed by atoms with van der Waals surface area (Å²) in [6.07, 6.45) is 5.81. The second-order valence-corrected chi connectivity index (χ2v) is 7.06. The van der Waals surface area contributed by atoms with Crippen molar-refractivity contribution in [2.45, 2.75) is 18.0 Å². The fraction of sp³-hybridized carbons (Fsp3) is 0.235. The van der Waals surface area contributed by atoms with E-state index in [-0.39, 0.29) is 0 Å². The molecule has 0 spiro atoms. The van der Waals surface area contributed by atoms with Crippen LogP contribution in [0, 0.1) is 5.92 Å². The van der Waals surface area contributed by atoms with E-state index in [1.807, 2.05) is 36.4 Å². The van der Waals surface area contributed by atoms with Gasteiger partial charge in [-0.25, -0.2) is 4.98 Å². The van der Waals surface area contributed by atoms with Crippen molar-refractivity contribution in [3.05, 3.63) is 48.8 Å². The van der Waals surface area contributed by atoms with Crippen molar-refractivity contribution in [1.29, 1.82) is 0 Å². The van der Waals surface area contributed by atoms with Gasteiger partial charge in [0, 0.05) is 18.1 Å². The zero-order valence-corrected chi connectivity index (χ0v) is 13.3. The predicted molar refractivity (Wildman–Crippen MR) is 89.0 cm³/mol. The summed E-state index contributed by atoms with van der Waals surface area (Å²) in [6.45, 7) is 0. The molecule has 6 heteroatoms. The monoisotopic (exact) mass is 324 g/mol. The van der Waals surface area contributed by atoms with Crippen LogP contribution in [-0.2, 0) is 10.8 Å². The zero-order valence-electron chi connectivity index (χ0n) is 12.5. The number of nitrogens with one attached hydrogen (secondary N) is 1. The van der Waals surface area contributed by atoms with Gasteiger partial charge in [-0.2, -0.15) is 0 Å². The standard InChI is InChI=1S/C17H16N4OS/c22-23(11-12-7-8-12)17-20-15(13-5-1-3-9-18-13)16(21-17)14-6-2-4-10-19-14/h1-6,9-10,12H,7-8,11H2,(H,20,21). The average Bonchev–Trinajstić information content (AvgIpc) is 3.30. The topological polar surface area (TPSA) is 71.5 Å². The van der Waals surface area contributed by atoms with Crippen molar-refractivity contribution in [2.24, 2.45) is 5.92 Å². The molecule has 23 heavy (non-hydrogen) atoms. The third-order valence-corrected chi connectivity index (χ3v) is 5.21. The Balaban J connectivity index is 1.79. The van der Waals surface area contributed by atoms with Gasteiger partial charge in [-0.3, -0.25) is 14.2 Å². The minimum absolute atomic E-state index is 0.512. The summed E-state index contributed by atoms with van der Waals surface area (Å²) in [5, 5.41) is 0.512. The first kappa shape index (κ1) is 14.3. The van der Waals surface area contributed by atoms with Crippen LogP contribution in [0.25, 0.3) is 22.8 Å². The Labute approximate surface area is 136 Å². The maximum absolute atomic E-state index is 12.5. The fourth-order valence-electron chi connectivity index (χ4n) is 2.42. The van der Waals surface area contributed by atoms with Gasteiger partial charge in [0.15, 0.2) is 5.16 Å². The maximum Gasteiger partial charge on any atom is 0.197 e. The number of H-pyrrole nitrogens is 1. The molecule has 116 valence electrons. The van der Waals surface area contributed by atoms with Crippen molar-refractivity contribution in [2.75, 3.05) is 5.75 Å². The molecule has 0 aromatic carbocycles. The second-order valence-electron chi connectivity index (χ2n) is 5.65. The number of rotatable bonds is 5. The van der Waals surface area contributed by atoms with Gasteiger partial charge in [-0.05, 0) is 43.0 Å². The van der Waals surface area contributed by atoms with Gasteiger partial charge in [0.1, 0.15) is 5.69 Å². The molecule has 0 amide bonds. The molecule has 1 fully saturated rings. The first-order valence-electron chi connectivity index (χ1n) is 7.62. The van der Waals surface area contributed by atoms with E-state index in [2.05, 4.69) is 19.9 Å². The summed E-state index contributed by atoms with van der Waals surface area (Å²) in [6, 6.07) is 11.4. The third-order valence-electron chi connectivity index (χ3n) is 3.81. The molecule has 0 radical (unpaired) electrons. The molecule has 4 rings (SSSR count). The van der Waals surface area contributed by atoms with Crippen LogP contribution in [0.3, 0.4) is 0 Å². The molecule has 1 saturated carbocycles. The van der Waals surface area contributed by atoms with Crippen molar-refractivity contribution in [1.82, 2.24) is 19.9 Å². The lowest BCUT2D eigenvalue weighted by molar-refractivity contribution is 0.674. The lowest BCUT2D eigenvalue weighted by Crippen LogP contribution is -2.01. The van der Waals surface area contributed by atoms with Gasteiger partial charge in [0.2, 0.25) is 0 Å². The Kier molecular flexibility index (Phi) is 3.75. The highest BCUT2D eigenvalue weighted by molar-refractivity contribution is 7.84. The highest BCUT2D eigenvalue weighted by Gasteiger charge is 2.26. The van der Waals surface area contributed by atoms with Crippen molar-refractivity contribution < 1.29 is 4.21 Å². The molecule has 1 aliphatic rings. The van der Waals surface area contributed by atoms with Crippen LogP contribution in [0.4, 0.5) is 0 Å². The summed E-state index contributed by atoms with van der Waals surface area (Å²) < 4.78 is 12.5. The molecule has 5 nitrogen and oxygen atoms in total. The van der Waals surface area contributed by atoms with Crippen LogP contribution in [0.2, 0.25) is 0 Å². The molecule has 1 aliphatic carbocycles. The molecule has 0 saturated heterocycles. The summed E-state index contributed by atoms with van der Waals surface area (Å²) >= 11 is 0. The van der Waals surface area contributed by atoms with Gasteiger partial charge in [0.05, 0.1) is 27.9 Å². The third kappa shape index (κ3) is 3.07. The minimum Gasteiger partial charge on any atom is -0.329 e. The number of imidazole rings is 1. The van der Waals surface area contributed by atoms with E-state index in [1.165, 1.54) is 12.8 Å². The highest BCUT2D eigenvalue weighted by atomic mass is 32.2. The molecular weight excluding hydrogens is 308 g/mol. The van der Waals surface area contributed by atoms with Crippen molar-refractivity contribution in [3.63, 3.8) is 0 Å². The molecule has 0 bridgehead atoms. The average molecular weight is 324 g/mol. The summed E-state index contributed by atoms with van der Waals surface area (Å²) in [7, 11) is -1.11. The van der Waals surface area contributed by atoms with E-state index in [9.17, 15) is 4.21 Å². The van der Waals surface area contributed by atoms with Crippen LogP contribution >= 0.6 is 0 Å². The first-order valence-corrected chi connectivity index (χ1v) is 8.94. The van der Waals surface area contributed by atoms with Crippen molar-refractivity contribution >= 4 is 10.8 Å². The number of pyridine rings is 2. The zero-order chi connectivity index (χ0) is 15.6. The SMILES string of the molecule is O=S(CC1CC1)c1nc(-c2ccccn2)c(-c2ccccn2)[nH]1. The molecule has 1 atom stereocenters. The first-order chi connectivity index (χ1) is 11.3. The second kappa shape index (κ2) is 6.04. The number of aromatic nitrogens is 4. The van der Waals surface area contributed by atoms with Crippen LogP contribution in [0.15, 0.2) is 53.9 Å². The Morgan fingerprint density at radius 2 is 1.74 bits per heavy atom. The minimum atomic E-state index is -1.11. The summed E-state index contributed by atoms with van der Waals surface area (Å²) in [4.78, 5) is 16.6. The number of aromatic amines is 1. The van der Waals surface area contributed by atoms with Crippen LogP contribution < -0.4 is 0 Å². The van der Waals surface area contributed by atoms with E-state index >= 15 is 0 Å². The summed E-state index contributed by atoms with van der Waals surface area (Å²) in [5.74, 6) is 1.26. The molecule has 1 N–H and O–H groups in total. The van der Waals surface area contributed by atoms with Crippen LogP contribution in [-0.4, -0.2) is 29.9 Å². The van der Waals surface area contributed by atoms with Crippen LogP contribution in [0.5, 0.6) is 0 Å². The Hall–Kier alpha value is -2.34. The molecule has 0 aliphatic heterocycles. The van der Waals surface area contributed by atoms with Gasteiger partial charge in [-0.1, -0.05) is 12.1 Å². The van der Waals surface area contributed by atoms with E-state index in [4.69, 9.17) is 0 Å².